The van der Waals surface area contributed by atoms with Crippen molar-refractivity contribution in [1.82, 2.24) is 4.90 Å². The maximum Gasteiger partial charge on any atom is 0.306 e. The summed E-state index contributed by atoms with van der Waals surface area (Å²) in [5.41, 5.74) is 0. The molecule has 1 amide bonds. The van der Waals surface area contributed by atoms with Gasteiger partial charge in [-0.15, -0.1) is 11.8 Å². The topological polar surface area (TPSA) is 76.1 Å². The number of nitrogens with zero attached hydrogens (tertiary/aromatic N) is 1. The largest absolute Gasteiger partial charge is 0.497 e. The molecule has 1 heterocycles. The van der Waals surface area contributed by atoms with Gasteiger partial charge in [0.2, 0.25) is 5.91 Å². The van der Waals surface area contributed by atoms with Crippen molar-refractivity contribution >= 4 is 23.6 Å². The van der Waals surface area contributed by atoms with Crippen molar-refractivity contribution in [3.63, 3.8) is 0 Å². The number of hydrogen-bond donors (Lipinski definition) is 1. The van der Waals surface area contributed by atoms with Crippen LogP contribution in [0.25, 0.3) is 0 Å². The molecule has 0 saturated carbocycles. The lowest BCUT2D eigenvalue weighted by Crippen LogP contribution is -2.48. The van der Waals surface area contributed by atoms with Gasteiger partial charge in [0.1, 0.15) is 5.75 Å². The molecular weight excluding hydrogens is 318 g/mol. The molecule has 1 aromatic rings. The highest BCUT2D eigenvalue weighted by Crippen LogP contribution is 2.27. The lowest BCUT2D eigenvalue weighted by atomic mass is 10.2. The summed E-state index contributed by atoms with van der Waals surface area (Å²) in [5.74, 6) is -0.132. The summed E-state index contributed by atoms with van der Waals surface area (Å²) < 4.78 is 10.5. The Morgan fingerprint density at radius 1 is 1.43 bits per heavy atom. The van der Waals surface area contributed by atoms with Gasteiger partial charge in [-0.25, -0.2) is 0 Å². The molecule has 0 bridgehead atoms. The molecule has 2 rings (SSSR count). The first kappa shape index (κ1) is 17.6. The predicted molar refractivity (Wildman–Crippen MR) is 86.9 cm³/mol. The normalized spacial score (nSPS) is 19.2. The number of amides is 1. The number of aliphatic carboxylic acids is 1. The summed E-state index contributed by atoms with van der Waals surface area (Å²) in [4.78, 5) is 26.0. The minimum absolute atomic E-state index is 0.00417. The Labute approximate surface area is 139 Å². The average molecular weight is 339 g/mol. The van der Waals surface area contributed by atoms with E-state index in [0.29, 0.717) is 19.7 Å². The third-order valence-electron chi connectivity index (χ3n) is 3.57. The van der Waals surface area contributed by atoms with Gasteiger partial charge >= 0.3 is 5.97 Å². The quantitative estimate of drug-likeness (QED) is 0.798. The number of thioether (sulfide) groups is 1. The van der Waals surface area contributed by atoms with E-state index in [1.54, 1.807) is 12.0 Å². The van der Waals surface area contributed by atoms with Crippen molar-refractivity contribution in [2.45, 2.75) is 29.6 Å². The molecule has 2 unspecified atom stereocenters. The minimum Gasteiger partial charge on any atom is -0.497 e. The molecule has 126 valence electrons. The summed E-state index contributed by atoms with van der Waals surface area (Å²) >= 11 is 1.48. The van der Waals surface area contributed by atoms with E-state index in [1.165, 1.54) is 11.8 Å². The number of morpholine rings is 1. The van der Waals surface area contributed by atoms with Crippen LogP contribution in [0.3, 0.4) is 0 Å². The van der Waals surface area contributed by atoms with Crippen molar-refractivity contribution in [2.75, 3.05) is 26.8 Å². The highest BCUT2D eigenvalue weighted by atomic mass is 32.2. The van der Waals surface area contributed by atoms with Crippen molar-refractivity contribution in [2.24, 2.45) is 0 Å². The van der Waals surface area contributed by atoms with Gasteiger partial charge in [-0.05, 0) is 31.2 Å². The number of ether oxygens (including phenoxy) is 2. The van der Waals surface area contributed by atoms with E-state index < -0.39 is 12.1 Å². The molecule has 0 aliphatic carbocycles. The predicted octanol–water partition coefficient (Wildman–Crippen LogP) is 1.88. The van der Waals surface area contributed by atoms with Crippen LogP contribution < -0.4 is 4.74 Å². The van der Waals surface area contributed by atoms with Gasteiger partial charge in [-0.3, -0.25) is 9.59 Å². The van der Waals surface area contributed by atoms with Crippen LogP contribution in [0.4, 0.5) is 0 Å². The van der Waals surface area contributed by atoms with Crippen LogP contribution in [0.5, 0.6) is 5.75 Å². The molecule has 1 N–H and O–H groups in total. The third kappa shape index (κ3) is 5.14. The van der Waals surface area contributed by atoms with Crippen LogP contribution in [0, 0.1) is 0 Å². The number of rotatable bonds is 6. The fraction of sp³-hybridized carbons (Fsp3) is 0.500. The van der Waals surface area contributed by atoms with Gasteiger partial charge < -0.3 is 19.5 Å². The van der Waals surface area contributed by atoms with E-state index in [-0.39, 0.29) is 17.6 Å². The molecule has 0 radical (unpaired) electrons. The zero-order valence-corrected chi connectivity index (χ0v) is 14.0. The zero-order valence-electron chi connectivity index (χ0n) is 13.2. The number of carboxylic acids is 1. The average Bonchev–Trinajstić information content (AvgIpc) is 2.54. The van der Waals surface area contributed by atoms with Crippen LogP contribution in [-0.4, -0.2) is 60.0 Å². The Kier molecular flexibility index (Phi) is 6.29. The fourth-order valence-electron chi connectivity index (χ4n) is 2.40. The fourth-order valence-corrected chi connectivity index (χ4v) is 3.36. The molecule has 0 spiro atoms. The van der Waals surface area contributed by atoms with Crippen molar-refractivity contribution in [3.8, 4) is 5.75 Å². The molecule has 1 aliphatic rings. The van der Waals surface area contributed by atoms with Crippen LogP contribution >= 0.6 is 11.8 Å². The highest BCUT2D eigenvalue weighted by Gasteiger charge is 2.28. The lowest BCUT2D eigenvalue weighted by Gasteiger charge is -2.33. The first-order valence-corrected chi connectivity index (χ1v) is 8.30. The molecule has 6 nitrogen and oxygen atoms in total. The Bertz CT molecular complexity index is 548. The van der Waals surface area contributed by atoms with E-state index in [1.807, 2.05) is 31.2 Å². The van der Waals surface area contributed by atoms with Crippen LogP contribution in [0.1, 0.15) is 13.3 Å². The van der Waals surface area contributed by atoms with Crippen molar-refractivity contribution in [1.29, 1.82) is 0 Å². The number of hydrogen-bond acceptors (Lipinski definition) is 5. The molecule has 0 aromatic heterocycles. The summed E-state index contributed by atoms with van der Waals surface area (Å²) in [6, 6.07) is 7.55. The number of carbonyl (C=O) groups is 2. The molecular formula is C16H21NO5S. The van der Waals surface area contributed by atoms with Gasteiger partial charge in [0.25, 0.3) is 0 Å². The second-order valence-corrected chi connectivity index (χ2v) is 6.72. The van der Waals surface area contributed by atoms with Gasteiger partial charge in [-0.1, -0.05) is 0 Å². The standard InChI is InChI=1S/C16H21NO5S/c1-11(23-14-5-3-12(21-2)4-6-14)16(20)17-7-8-22-13(10-17)9-15(18)19/h3-6,11,13H,7-10H2,1-2H3,(H,18,19). The van der Waals surface area contributed by atoms with E-state index in [0.717, 1.165) is 10.6 Å². The molecule has 23 heavy (non-hydrogen) atoms. The maximum absolute atomic E-state index is 12.5. The highest BCUT2D eigenvalue weighted by molar-refractivity contribution is 8.00. The Hall–Kier alpha value is -1.73. The number of carboxylic acid groups (broad SMARTS) is 1. The second kappa shape index (κ2) is 8.21. The monoisotopic (exact) mass is 339 g/mol. The molecule has 2 atom stereocenters. The summed E-state index contributed by atoms with van der Waals surface area (Å²) in [7, 11) is 1.61. The van der Waals surface area contributed by atoms with Gasteiger partial charge in [0.15, 0.2) is 0 Å². The van der Waals surface area contributed by atoms with E-state index >= 15 is 0 Å². The smallest absolute Gasteiger partial charge is 0.306 e. The van der Waals surface area contributed by atoms with Gasteiger partial charge in [0.05, 0.1) is 31.5 Å². The van der Waals surface area contributed by atoms with Gasteiger partial charge in [0, 0.05) is 18.0 Å². The Morgan fingerprint density at radius 3 is 2.74 bits per heavy atom. The van der Waals surface area contributed by atoms with Crippen molar-refractivity contribution in [3.05, 3.63) is 24.3 Å². The third-order valence-corrected chi connectivity index (χ3v) is 4.67. The van der Waals surface area contributed by atoms with E-state index in [4.69, 9.17) is 14.6 Å². The van der Waals surface area contributed by atoms with Crippen molar-refractivity contribution < 1.29 is 24.2 Å². The second-order valence-electron chi connectivity index (χ2n) is 5.31. The summed E-state index contributed by atoms with van der Waals surface area (Å²) in [6.07, 6.45) is -0.507. The molecule has 1 fully saturated rings. The lowest BCUT2D eigenvalue weighted by molar-refractivity contribution is -0.147. The minimum atomic E-state index is -0.912. The molecule has 7 heteroatoms. The molecule has 1 aliphatic heterocycles. The van der Waals surface area contributed by atoms with E-state index in [2.05, 4.69) is 0 Å². The van der Waals surface area contributed by atoms with Crippen LogP contribution in [0.2, 0.25) is 0 Å². The van der Waals surface area contributed by atoms with Gasteiger partial charge in [-0.2, -0.15) is 0 Å². The van der Waals surface area contributed by atoms with Crippen LogP contribution in [0.15, 0.2) is 29.2 Å². The molecule has 1 saturated heterocycles. The van der Waals surface area contributed by atoms with Crippen LogP contribution in [-0.2, 0) is 14.3 Å². The Balaban J connectivity index is 1.91. The first-order valence-electron chi connectivity index (χ1n) is 7.42. The molecule has 1 aromatic carbocycles. The Morgan fingerprint density at radius 2 is 2.13 bits per heavy atom. The SMILES string of the molecule is COc1ccc(SC(C)C(=O)N2CCOC(CC(=O)O)C2)cc1. The first-order chi connectivity index (χ1) is 11.0. The van der Waals surface area contributed by atoms with E-state index in [9.17, 15) is 9.59 Å². The summed E-state index contributed by atoms with van der Waals surface area (Å²) in [5, 5.41) is 8.60. The number of methoxy groups -OCH3 is 1. The number of carbonyl (C=O) groups excluding carboxylic acids is 1. The number of benzene rings is 1. The zero-order chi connectivity index (χ0) is 16.8. The summed E-state index contributed by atoms with van der Waals surface area (Å²) in [6.45, 7) is 3.07. The maximum atomic E-state index is 12.5.